The fraction of sp³-hybridized carbons (Fsp3) is 0.917. The number of hydrogen-bond donors (Lipinski definition) is 1. The Morgan fingerprint density at radius 2 is 2.06 bits per heavy atom. The van der Waals surface area contributed by atoms with Crippen molar-refractivity contribution in [3.63, 3.8) is 0 Å². The molecule has 4 heteroatoms. The minimum atomic E-state index is -0.691. The van der Waals surface area contributed by atoms with Gasteiger partial charge in [-0.15, -0.1) is 0 Å². The molecule has 1 saturated heterocycles. The number of carboxylic acids is 1. The molecule has 4 nitrogen and oxygen atoms in total. The number of methoxy groups -OCH3 is 1. The third kappa shape index (κ3) is 3.19. The summed E-state index contributed by atoms with van der Waals surface area (Å²) in [6.07, 6.45) is 3.05. The van der Waals surface area contributed by atoms with Crippen LogP contribution in [0.5, 0.6) is 0 Å². The summed E-state index contributed by atoms with van der Waals surface area (Å²) in [7, 11) is 1.74. The van der Waals surface area contributed by atoms with E-state index in [0.717, 1.165) is 25.9 Å². The smallest absolute Gasteiger partial charge is 0.310 e. The van der Waals surface area contributed by atoms with Gasteiger partial charge in [0.25, 0.3) is 0 Å². The zero-order chi connectivity index (χ0) is 12.2. The zero-order valence-corrected chi connectivity index (χ0v) is 10.5. The lowest BCUT2D eigenvalue weighted by molar-refractivity contribution is -0.149. The molecule has 1 unspecified atom stereocenters. The van der Waals surface area contributed by atoms with Gasteiger partial charge < -0.3 is 14.7 Å². The molecule has 1 rings (SSSR count). The van der Waals surface area contributed by atoms with Gasteiger partial charge in [-0.3, -0.25) is 4.79 Å². The quantitative estimate of drug-likeness (QED) is 0.778. The SMILES string of the molecule is CCC(C)(CN1CCC(OC)CC1)C(=O)O. The molecule has 1 heterocycles. The van der Waals surface area contributed by atoms with Gasteiger partial charge in [0.1, 0.15) is 0 Å². The van der Waals surface area contributed by atoms with Crippen molar-refractivity contribution in [2.24, 2.45) is 5.41 Å². The Kier molecular flexibility index (Phi) is 4.74. The molecule has 1 atom stereocenters. The number of nitrogens with zero attached hydrogens (tertiary/aromatic N) is 1. The highest BCUT2D eigenvalue weighted by molar-refractivity contribution is 5.74. The molecule has 0 bridgehead atoms. The highest BCUT2D eigenvalue weighted by Gasteiger charge is 2.34. The summed E-state index contributed by atoms with van der Waals surface area (Å²) < 4.78 is 5.30. The van der Waals surface area contributed by atoms with Crippen molar-refractivity contribution < 1.29 is 14.6 Å². The summed E-state index contributed by atoms with van der Waals surface area (Å²) in [5, 5.41) is 9.21. The van der Waals surface area contributed by atoms with Crippen LogP contribution in [-0.4, -0.2) is 48.8 Å². The summed E-state index contributed by atoms with van der Waals surface area (Å²) in [6.45, 7) is 6.31. The molecule has 0 spiro atoms. The molecule has 1 aliphatic heterocycles. The maximum atomic E-state index is 11.2. The van der Waals surface area contributed by atoms with E-state index in [4.69, 9.17) is 4.74 Å². The number of carbonyl (C=O) groups is 1. The van der Waals surface area contributed by atoms with Crippen LogP contribution in [0.15, 0.2) is 0 Å². The molecule has 0 saturated carbocycles. The molecule has 1 N–H and O–H groups in total. The molecular weight excluding hydrogens is 206 g/mol. The Morgan fingerprint density at radius 3 is 2.44 bits per heavy atom. The van der Waals surface area contributed by atoms with Gasteiger partial charge in [0.05, 0.1) is 11.5 Å². The van der Waals surface area contributed by atoms with Crippen molar-refractivity contribution >= 4 is 5.97 Å². The lowest BCUT2D eigenvalue weighted by Crippen LogP contribution is -2.45. The summed E-state index contributed by atoms with van der Waals surface area (Å²) in [4.78, 5) is 13.4. The maximum Gasteiger partial charge on any atom is 0.310 e. The molecule has 0 aromatic rings. The van der Waals surface area contributed by atoms with Gasteiger partial charge in [0, 0.05) is 26.7 Å². The first-order chi connectivity index (χ1) is 7.51. The standard InChI is InChI=1S/C12H23NO3/c1-4-12(2,11(14)15)9-13-7-5-10(16-3)6-8-13/h10H,4-9H2,1-3H3,(H,14,15). The second kappa shape index (κ2) is 5.64. The normalized spacial score (nSPS) is 22.9. The Bertz CT molecular complexity index is 236. The van der Waals surface area contributed by atoms with Crippen molar-refractivity contribution in [3.05, 3.63) is 0 Å². The minimum absolute atomic E-state index is 0.356. The number of carboxylic acid groups (broad SMARTS) is 1. The Balaban J connectivity index is 2.46. The summed E-state index contributed by atoms with van der Waals surface area (Å²) in [5.74, 6) is -0.691. The van der Waals surface area contributed by atoms with E-state index in [9.17, 15) is 9.90 Å². The lowest BCUT2D eigenvalue weighted by Gasteiger charge is -2.36. The second-order valence-corrected chi connectivity index (χ2v) is 4.93. The van der Waals surface area contributed by atoms with E-state index in [-0.39, 0.29) is 0 Å². The van der Waals surface area contributed by atoms with Crippen LogP contribution < -0.4 is 0 Å². The van der Waals surface area contributed by atoms with Gasteiger partial charge in [0.2, 0.25) is 0 Å². The molecule has 0 aromatic carbocycles. The van der Waals surface area contributed by atoms with E-state index in [1.54, 1.807) is 7.11 Å². The van der Waals surface area contributed by atoms with Crippen molar-refractivity contribution in [1.82, 2.24) is 4.90 Å². The van der Waals surface area contributed by atoms with Gasteiger partial charge >= 0.3 is 5.97 Å². The van der Waals surface area contributed by atoms with E-state index in [1.807, 2.05) is 13.8 Å². The van der Waals surface area contributed by atoms with Crippen LogP contribution in [0.2, 0.25) is 0 Å². The minimum Gasteiger partial charge on any atom is -0.481 e. The Labute approximate surface area is 97.6 Å². The lowest BCUT2D eigenvalue weighted by atomic mass is 9.86. The molecular formula is C12H23NO3. The van der Waals surface area contributed by atoms with Gasteiger partial charge in [-0.2, -0.15) is 0 Å². The molecule has 0 aliphatic carbocycles. The first kappa shape index (κ1) is 13.5. The van der Waals surface area contributed by atoms with Crippen molar-refractivity contribution in [2.75, 3.05) is 26.7 Å². The van der Waals surface area contributed by atoms with Crippen LogP contribution >= 0.6 is 0 Å². The maximum absolute atomic E-state index is 11.2. The number of aliphatic carboxylic acids is 1. The number of rotatable bonds is 5. The van der Waals surface area contributed by atoms with Crippen LogP contribution in [0.4, 0.5) is 0 Å². The molecule has 16 heavy (non-hydrogen) atoms. The topological polar surface area (TPSA) is 49.8 Å². The first-order valence-electron chi connectivity index (χ1n) is 6.00. The molecule has 0 radical (unpaired) electrons. The summed E-state index contributed by atoms with van der Waals surface area (Å²) in [5.41, 5.74) is -0.611. The Morgan fingerprint density at radius 1 is 1.50 bits per heavy atom. The number of hydrogen-bond acceptors (Lipinski definition) is 3. The Hall–Kier alpha value is -0.610. The average molecular weight is 229 g/mol. The van der Waals surface area contributed by atoms with Crippen LogP contribution in [0.25, 0.3) is 0 Å². The highest BCUT2D eigenvalue weighted by atomic mass is 16.5. The molecule has 0 amide bonds. The van der Waals surface area contributed by atoms with Crippen LogP contribution in [0, 0.1) is 5.41 Å². The van der Waals surface area contributed by atoms with Crippen LogP contribution in [0.1, 0.15) is 33.1 Å². The van der Waals surface area contributed by atoms with Crippen LogP contribution in [0.3, 0.4) is 0 Å². The van der Waals surface area contributed by atoms with E-state index < -0.39 is 11.4 Å². The predicted octanol–water partition coefficient (Wildman–Crippen LogP) is 1.60. The van der Waals surface area contributed by atoms with E-state index in [0.29, 0.717) is 19.1 Å². The predicted molar refractivity (Wildman–Crippen MR) is 62.5 cm³/mol. The monoisotopic (exact) mass is 229 g/mol. The van der Waals surface area contributed by atoms with Gasteiger partial charge in [-0.05, 0) is 26.2 Å². The first-order valence-corrected chi connectivity index (χ1v) is 6.00. The summed E-state index contributed by atoms with van der Waals surface area (Å²) in [6, 6.07) is 0. The fourth-order valence-corrected chi connectivity index (χ4v) is 2.13. The van der Waals surface area contributed by atoms with Crippen molar-refractivity contribution in [1.29, 1.82) is 0 Å². The number of piperidine rings is 1. The van der Waals surface area contributed by atoms with Gasteiger partial charge in [-0.1, -0.05) is 6.92 Å². The van der Waals surface area contributed by atoms with E-state index in [2.05, 4.69) is 4.90 Å². The largest absolute Gasteiger partial charge is 0.481 e. The van der Waals surface area contributed by atoms with Gasteiger partial charge in [-0.25, -0.2) is 0 Å². The second-order valence-electron chi connectivity index (χ2n) is 4.93. The van der Waals surface area contributed by atoms with Gasteiger partial charge in [0.15, 0.2) is 0 Å². The third-order valence-electron chi connectivity index (χ3n) is 3.74. The van der Waals surface area contributed by atoms with Crippen molar-refractivity contribution in [2.45, 2.75) is 39.2 Å². The van der Waals surface area contributed by atoms with Crippen LogP contribution in [-0.2, 0) is 9.53 Å². The number of likely N-dealkylation sites (tertiary alicyclic amines) is 1. The third-order valence-corrected chi connectivity index (χ3v) is 3.74. The molecule has 1 fully saturated rings. The fourth-order valence-electron chi connectivity index (χ4n) is 2.13. The molecule has 94 valence electrons. The number of ether oxygens (including phenoxy) is 1. The van der Waals surface area contributed by atoms with E-state index in [1.165, 1.54) is 0 Å². The average Bonchev–Trinajstić information content (AvgIpc) is 2.29. The van der Waals surface area contributed by atoms with Crippen molar-refractivity contribution in [3.8, 4) is 0 Å². The summed E-state index contributed by atoms with van der Waals surface area (Å²) >= 11 is 0. The zero-order valence-electron chi connectivity index (χ0n) is 10.5. The highest BCUT2D eigenvalue weighted by Crippen LogP contribution is 2.25. The van der Waals surface area contributed by atoms with E-state index >= 15 is 0 Å². The molecule has 0 aromatic heterocycles. The molecule has 1 aliphatic rings.